The van der Waals surface area contributed by atoms with Crippen molar-refractivity contribution in [1.82, 2.24) is 0 Å². The lowest BCUT2D eigenvalue weighted by atomic mass is 9.92. The van der Waals surface area contributed by atoms with E-state index in [1.54, 1.807) is 0 Å². The SMILES string of the molecule is C#CCCC(C#CCC/C=C/CCCCC)(CCC=C)O[Si](CC)(CC)CC. The Hall–Kier alpha value is -1.22. The fourth-order valence-electron chi connectivity index (χ4n) is 3.49. The highest BCUT2D eigenvalue weighted by molar-refractivity contribution is 6.73. The number of allylic oxidation sites excluding steroid dienone is 3. The molecule has 0 fully saturated rings. The summed E-state index contributed by atoms with van der Waals surface area (Å²) in [5.74, 6) is 9.80. The molecule has 158 valence electrons. The third-order valence-corrected chi connectivity index (χ3v) is 10.4. The van der Waals surface area contributed by atoms with Gasteiger partial charge >= 0.3 is 0 Å². The molecule has 0 aliphatic carbocycles. The first kappa shape index (κ1) is 26.8. The molecule has 1 nitrogen and oxygen atoms in total. The molecule has 0 rings (SSSR count). The predicted octanol–water partition coefficient (Wildman–Crippen LogP) is 8.05. The van der Waals surface area contributed by atoms with Gasteiger partial charge in [-0.2, -0.15) is 0 Å². The van der Waals surface area contributed by atoms with E-state index in [1.165, 1.54) is 25.7 Å². The Balaban J connectivity index is 5.20. The summed E-state index contributed by atoms with van der Waals surface area (Å²) in [4.78, 5) is 0. The summed E-state index contributed by atoms with van der Waals surface area (Å²) in [6.45, 7) is 13.0. The number of rotatable bonds is 16. The summed E-state index contributed by atoms with van der Waals surface area (Å²) in [7, 11) is -1.77. The molecule has 0 aromatic heterocycles. The fourth-order valence-corrected chi connectivity index (χ4v) is 6.51. The standard InChI is InChI=1S/C26H44OSi/c1-7-13-16-17-18-19-20-21-22-25-26(23-14-8-2,24-15-9-3)27-28(10-4,11-5)12-6/h2,9,18-19H,3,7,10-17,20-21,23-24H2,1,4-6H3/b19-18+. The lowest BCUT2D eigenvalue weighted by Crippen LogP contribution is -2.46. The van der Waals surface area contributed by atoms with E-state index in [1.807, 2.05) is 6.08 Å². The molecule has 0 aliphatic rings. The van der Waals surface area contributed by atoms with Crippen LogP contribution in [0.15, 0.2) is 24.8 Å². The molecule has 0 saturated carbocycles. The van der Waals surface area contributed by atoms with Gasteiger partial charge in [-0.25, -0.2) is 0 Å². The van der Waals surface area contributed by atoms with Crippen LogP contribution >= 0.6 is 0 Å². The largest absolute Gasteiger partial charge is 0.401 e. The van der Waals surface area contributed by atoms with Crippen molar-refractivity contribution in [2.24, 2.45) is 0 Å². The van der Waals surface area contributed by atoms with Crippen LogP contribution in [0.1, 0.15) is 91.9 Å². The molecule has 28 heavy (non-hydrogen) atoms. The van der Waals surface area contributed by atoms with Gasteiger partial charge in [0.15, 0.2) is 8.32 Å². The maximum absolute atomic E-state index is 6.95. The van der Waals surface area contributed by atoms with Crippen LogP contribution in [0.4, 0.5) is 0 Å². The van der Waals surface area contributed by atoms with E-state index >= 15 is 0 Å². The summed E-state index contributed by atoms with van der Waals surface area (Å²) in [5, 5.41) is 0. The van der Waals surface area contributed by atoms with Crippen molar-refractivity contribution in [2.75, 3.05) is 0 Å². The van der Waals surface area contributed by atoms with E-state index in [0.29, 0.717) is 6.42 Å². The van der Waals surface area contributed by atoms with Gasteiger partial charge in [0.25, 0.3) is 0 Å². The summed E-state index contributed by atoms with van der Waals surface area (Å²) in [5.41, 5.74) is -0.403. The summed E-state index contributed by atoms with van der Waals surface area (Å²) in [6.07, 6.45) is 22.5. The Morgan fingerprint density at radius 3 is 2.18 bits per heavy atom. The lowest BCUT2D eigenvalue weighted by molar-refractivity contribution is 0.0991. The third kappa shape index (κ3) is 10.9. The molecule has 0 aliphatic heterocycles. The Labute approximate surface area is 177 Å². The Bertz CT molecular complexity index is 519. The molecule has 0 radical (unpaired) electrons. The van der Waals surface area contributed by atoms with Gasteiger partial charge in [-0.1, -0.05) is 70.6 Å². The van der Waals surface area contributed by atoms with Crippen molar-refractivity contribution >= 4 is 8.32 Å². The van der Waals surface area contributed by atoms with Crippen molar-refractivity contribution in [3.8, 4) is 24.2 Å². The Morgan fingerprint density at radius 2 is 1.61 bits per heavy atom. The molecule has 0 amide bonds. The first-order valence-electron chi connectivity index (χ1n) is 11.5. The van der Waals surface area contributed by atoms with Crippen LogP contribution in [0.25, 0.3) is 0 Å². The molecule has 0 aromatic rings. The van der Waals surface area contributed by atoms with E-state index in [-0.39, 0.29) is 0 Å². The average molecular weight is 401 g/mol. The summed E-state index contributed by atoms with van der Waals surface area (Å²) < 4.78 is 6.95. The molecular formula is C26H44OSi. The quantitative estimate of drug-likeness (QED) is 0.110. The van der Waals surface area contributed by atoms with E-state index in [9.17, 15) is 0 Å². The predicted molar refractivity (Wildman–Crippen MR) is 129 cm³/mol. The van der Waals surface area contributed by atoms with Gasteiger partial charge in [0, 0.05) is 12.8 Å². The minimum atomic E-state index is -1.77. The van der Waals surface area contributed by atoms with Gasteiger partial charge in [0.2, 0.25) is 0 Å². The summed E-state index contributed by atoms with van der Waals surface area (Å²) >= 11 is 0. The van der Waals surface area contributed by atoms with Gasteiger partial charge in [-0.15, -0.1) is 18.9 Å². The topological polar surface area (TPSA) is 9.23 Å². The van der Waals surface area contributed by atoms with E-state index in [2.05, 4.69) is 64.2 Å². The molecule has 0 aromatic carbocycles. The monoisotopic (exact) mass is 400 g/mol. The van der Waals surface area contributed by atoms with Gasteiger partial charge in [-0.05, 0) is 56.7 Å². The molecule has 2 heteroatoms. The van der Waals surface area contributed by atoms with Crippen LogP contribution < -0.4 is 0 Å². The van der Waals surface area contributed by atoms with E-state index in [4.69, 9.17) is 10.8 Å². The Kier molecular flexibility index (Phi) is 16.0. The number of unbranched alkanes of at least 4 members (excludes halogenated alkanes) is 4. The molecule has 0 N–H and O–H groups in total. The lowest BCUT2D eigenvalue weighted by Gasteiger charge is -2.39. The van der Waals surface area contributed by atoms with Gasteiger partial charge < -0.3 is 4.43 Å². The maximum Gasteiger partial charge on any atom is 0.194 e. The maximum atomic E-state index is 6.95. The van der Waals surface area contributed by atoms with Crippen LogP contribution in [0.3, 0.4) is 0 Å². The van der Waals surface area contributed by atoms with Gasteiger partial charge in [-0.3, -0.25) is 0 Å². The highest BCUT2D eigenvalue weighted by Gasteiger charge is 2.39. The van der Waals surface area contributed by atoms with Crippen LogP contribution in [0, 0.1) is 24.2 Å². The second-order valence-electron chi connectivity index (χ2n) is 7.68. The summed E-state index contributed by atoms with van der Waals surface area (Å²) in [6, 6.07) is 3.40. The molecular weight excluding hydrogens is 356 g/mol. The molecule has 1 atom stereocenters. The minimum absolute atomic E-state index is 0.403. The highest BCUT2D eigenvalue weighted by Crippen LogP contribution is 2.33. The second-order valence-corrected chi connectivity index (χ2v) is 12.4. The number of hydrogen-bond acceptors (Lipinski definition) is 1. The van der Waals surface area contributed by atoms with Crippen LogP contribution in [0.5, 0.6) is 0 Å². The zero-order valence-electron chi connectivity index (χ0n) is 19.1. The minimum Gasteiger partial charge on any atom is -0.401 e. The smallest absolute Gasteiger partial charge is 0.194 e. The zero-order valence-corrected chi connectivity index (χ0v) is 20.1. The molecule has 1 unspecified atom stereocenters. The van der Waals surface area contributed by atoms with Crippen molar-refractivity contribution < 1.29 is 4.43 Å². The molecule has 0 spiro atoms. The third-order valence-electron chi connectivity index (χ3n) is 5.66. The molecule has 0 saturated heterocycles. The molecule has 0 heterocycles. The van der Waals surface area contributed by atoms with Crippen molar-refractivity contribution in [1.29, 1.82) is 0 Å². The van der Waals surface area contributed by atoms with E-state index < -0.39 is 13.9 Å². The van der Waals surface area contributed by atoms with Gasteiger partial charge in [0.1, 0.15) is 5.60 Å². The normalized spacial score (nSPS) is 13.5. The average Bonchev–Trinajstić information content (AvgIpc) is 2.73. The van der Waals surface area contributed by atoms with Crippen LogP contribution in [0.2, 0.25) is 18.1 Å². The second kappa shape index (κ2) is 16.7. The Morgan fingerprint density at radius 1 is 0.929 bits per heavy atom. The van der Waals surface area contributed by atoms with E-state index in [0.717, 1.165) is 50.2 Å². The fraction of sp³-hybridized carbons (Fsp3) is 0.692. The number of terminal acetylenes is 1. The zero-order chi connectivity index (χ0) is 21.1. The number of hydrogen-bond donors (Lipinski definition) is 0. The molecule has 0 bridgehead atoms. The highest BCUT2D eigenvalue weighted by atomic mass is 28.4. The van der Waals surface area contributed by atoms with Gasteiger partial charge in [0.05, 0.1) is 0 Å². The van der Waals surface area contributed by atoms with Crippen LogP contribution in [-0.4, -0.2) is 13.9 Å². The first-order chi connectivity index (χ1) is 13.6. The van der Waals surface area contributed by atoms with Crippen molar-refractivity contribution in [3.05, 3.63) is 24.8 Å². The van der Waals surface area contributed by atoms with Crippen molar-refractivity contribution in [3.63, 3.8) is 0 Å². The van der Waals surface area contributed by atoms with Crippen molar-refractivity contribution in [2.45, 2.75) is 116 Å². The van der Waals surface area contributed by atoms with Crippen LogP contribution in [-0.2, 0) is 4.43 Å². The first-order valence-corrected chi connectivity index (χ1v) is 14.0.